The Bertz CT molecular complexity index is 406. The molecular formula is C14H21N3O. The molecule has 1 fully saturated rings. The average molecular weight is 247 g/mol. The molecule has 0 aromatic carbocycles. The first kappa shape index (κ1) is 12.9. The van der Waals surface area contributed by atoms with Crippen molar-refractivity contribution in [2.45, 2.75) is 26.7 Å². The zero-order valence-corrected chi connectivity index (χ0v) is 11.1. The zero-order valence-electron chi connectivity index (χ0n) is 11.1. The van der Waals surface area contributed by atoms with E-state index in [1.54, 1.807) is 18.3 Å². The summed E-state index contributed by atoms with van der Waals surface area (Å²) in [6.45, 7) is 6.22. The van der Waals surface area contributed by atoms with Gasteiger partial charge in [-0.3, -0.25) is 4.79 Å². The first-order chi connectivity index (χ1) is 8.58. The number of likely N-dealkylation sites (tertiary alicyclic amines) is 1. The Morgan fingerprint density at radius 2 is 2.06 bits per heavy atom. The van der Waals surface area contributed by atoms with Gasteiger partial charge in [-0.1, -0.05) is 13.8 Å². The highest BCUT2D eigenvalue weighted by Gasteiger charge is 2.25. The van der Waals surface area contributed by atoms with Gasteiger partial charge >= 0.3 is 0 Å². The van der Waals surface area contributed by atoms with Crippen LogP contribution in [0.2, 0.25) is 0 Å². The fraction of sp³-hybridized carbons (Fsp3) is 0.571. The van der Waals surface area contributed by atoms with Crippen molar-refractivity contribution in [1.82, 2.24) is 9.88 Å². The van der Waals surface area contributed by atoms with Crippen molar-refractivity contribution in [3.63, 3.8) is 0 Å². The molecule has 0 bridgehead atoms. The number of anilines is 1. The van der Waals surface area contributed by atoms with Gasteiger partial charge in [-0.25, -0.2) is 4.98 Å². The lowest BCUT2D eigenvalue weighted by Crippen LogP contribution is -2.39. The van der Waals surface area contributed by atoms with Crippen LogP contribution in [0, 0.1) is 11.8 Å². The highest BCUT2D eigenvalue weighted by molar-refractivity contribution is 5.94. The van der Waals surface area contributed by atoms with E-state index >= 15 is 0 Å². The molecule has 2 heterocycles. The Kier molecular flexibility index (Phi) is 3.84. The van der Waals surface area contributed by atoms with Crippen LogP contribution >= 0.6 is 0 Å². The Hall–Kier alpha value is -1.58. The highest BCUT2D eigenvalue weighted by Crippen LogP contribution is 2.25. The third kappa shape index (κ3) is 2.81. The van der Waals surface area contributed by atoms with E-state index in [1.165, 1.54) is 0 Å². The van der Waals surface area contributed by atoms with Crippen LogP contribution < -0.4 is 5.73 Å². The van der Waals surface area contributed by atoms with Crippen molar-refractivity contribution < 1.29 is 4.79 Å². The molecule has 1 aliphatic rings. The molecule has 1 aliphatic heterocycles. The predicted molar refractivity (Wildman–Crippen MR) is 72.1 cm³/mol. The zero-order chi connectivity index (χ0) is 13.1. The number of hydrogen-bond acceptors (Lipinski definition) is 3. The Morgan fingerprint density at radius 3 is 2.56 bits per heavy atom. The fourth-order valence-electron chi connectivity index (χ4n) is 2.48. The van der Waals surface area contributed by atoms with Gasteiger partial charge in [-0.2, -0.15) is 0 Å². The first-order valence-electron chi connectivity index (χ1n) is 6.58. The van der Waals surface area contributed by atoms with E-state index in [-0.39, 0.29) is 5.91 Å². The summed E-state index contributed by atoms with van der Waals surface area (Å²) in [5.74, 6) is 1.98. The number of rotatable bonds is 2. The van der Waals surface area contributed by atoms with Crippen molar-refractivity contribution in [1.29, 1.82) is 0 Å². The van der Waals surface area contributed by atoms with Crippen LogP contribution in [0.5, 0.6) is 0 Å². The molecule has 2 rings (SSSR count). The average Bonchev–Trinajstić information content (AvgIpc) is 2.39. The van der Waals surface area contributed by atoms with E-state index in [4.69, 9.17) is 5.73 Å². The fourth-order valence-corrected chi connectivity index (χ4v) is 2.48. The van der Waals surface area contributed by atoms with Crippen molar-refractivity contribution in [3.8, 4) is 0 Å². The van der Waals surface area contributed by atoms with Gasteiger partial charge in [0, 0.05) is 19.3 Å². The number of nitrogens with two attached hydrogens (primary N) is 1. The second-order valence-electron chi connectivity index (χ2n) is 5.35. The monoisotopic (exact) mass is 247 g/mol. The van der Waals surface area contributed by atoms with Crippen LogP contribution in [0.25, 0.3) is 0 Å². The lowest BCUT2D eigenvalue weighted by molar-refractivity contribution is 0.0667. The smallest absolute Gasteiger partial charge is 0.255 e. The van der Waals surface area contributed by atoms with Gasteiger partial charge < -0.3 is 10.6 Å². The van der Waals surface area contributed by atoms with E-state index in [0.29, 0.717) is 17.3 Å². The molecule has 18 heavy (non-hydrogen) atoms. The van der Waals surface area contributed by atoms with Gasteiger partial charge in [0.1, 0.15) is 5.82 Å². The lowest BCUT2D eigenvalue weighted by atomic mass is 9.86. The molecule has 1 aromatic heterocycles. The van der Waals surface area contributed by atoms with Crippen LogP contribution in [-0.2, 0) is 0 Å². The first-order valence-corrected chi connectivity index (χ1v) is 6.58. The number of aromatic nitrogens is 1. The normalized spacial score (nSPS) is 17.2. The number of pyridine rings is 1. The molecule has 4 nitrogen and oxygen atoms in total. The number of piperidine rings is 1. The van der Waals surface area contributed by atoms with Crippen LogP contribution in [-0.4, -0.2) is 28.9 Å². The Balaban J connectivity index is 1.97. The van der Waals surface area contributed by atoms with Crippen LogP contribution in [0.15, 0.2) is 18.3 Å². The summed E-state index contributed by atoms with van der Waals surface area (Å²) >= 11 is 0. The van der Waals surface area contributed by atoms with Crippen LogP contribution in [0.1, 0.15) is 37.0 Å². The van der Waals surface area contributed by atoms with Gasteiger partial charge in [-0.15, -0.1) is 0 Å². The van der Waals surface area contributed by atoms with Gasteiger partial charge in [0.2, 0.25) is 0 Å². The molecule has 0 aliphatic carbocycles. The van der Waals surface area contributed by atoms with E-state index in [9.17, 15) is 4.79 Å². The number of hydrogen-bond donors (Lipinski definition) is 1. The molecule has 4 heteroatoms. The molecule has 98 valence electrons. The maximum Gasteiger partial charge on any atom is 0.255 e. The molecule has 1 aromatic rings. The molecule has 1 amide bonds. The number of nitrogen functional groups attached to an aromatic ring is 1. The maximum atomic E-state index is 12.2. The summed E-state index contributed by atoms with van der Waals surface area (Å²) in [5, 5.41) is 0. The third-order valence-electron chi connectivity index (χ3n) is 3.80. The second kappa shape index (κ2) is 5.38. The molecule has 0 spiro atoms. The SMILES string of the molecule is CC(C)C1CCN(C(=O)c2ccc(N)nc2)CC1. The number of amides is 1. The third-order valence-corrected chi connectivity index (χ3v) is 3.80. The van der Waals surface area contributed by atoms with E-state index in [1.807, 2.05) is 4.90 Å². The number of carbonyl (C=O) groups is 1. The molecule has 2 N–H and O–H groups in total. The molecular weight excluding hydrogens is 226 g/mol. The molecule has 0 radical (unpaired) electrons. The van der Waals surface area contributed by atoms with E-state index in [2.05, 4.69) is 18.8 Å². The van der Waals surface area contributed by atoms with Crippen LogP contribution in [0.3, 0.4) is 0 Å². The maximum absolute atomic E-state index is 12.2. The largest absolute Gasteiger partial charge is 0.384 e. The second-order valence-corrected chi connectivity index (χ2v) is 5.35. The highest BCUT2D eigenvalue weighted by atomic mass is 16.2. The summed E-state index contributed by atoms with van der Waals surface area (Å²) in [4.78, 5) is 18.1. The quantitative estimate of drug-likeness (QED) is 0.871. The summed E-state index contributed by atoms with van der Waals surface area (Å²) in [7, 11) is 0. The predicted octanol–water partition coefficient (Wildman–Crippen LogP) is 2.17. The minimum atomic E-state index is 0.0738. The lowest BCUT2D eigenvalue weighted by Gasteiger charge is -2.33. The number of carbonyl (C=O) groups excluding carboxylic acids is 1. The summed E-state index contributed by atoms with van der Waals surface area (Å²) in [6.07, 6.45) is 3.77. The standard InChI is InChI=1S/C14H21N3O/c1-10(2)11-5-7-17(8-6-11)14(18)12-3-4-13(15)16-9-12/h3-4,9-11H,5-8H2,1-2H3,(H2,15,16). The Labute approximate surface area is 108 Å². The summed E-state index contributed by atoms with van der Waals surface area (Å²) < 4.78 is 0. The van der Waals surface area contributed by atoms with Crippen molar-refractivity contribution in [2.24, 2.45) is 11.8 Å². The summed E-state index contributed by atoms with van der Waals surface area (Å²) in [5.41, 5.74) is 6.15. The van der Waals surface area contributed by atoms with Crippen molar-refractivity contribution >= 4 is 11.7 Å². The minimum absolute atomic E-state index is 0.0738. The van der Waals surface area contributed by atoms with Gasteiger partial charge in [0.25, 0.3) is 5.91 Å². The van der Waals surface area contributed by atoms with Crippen LogP contribution in [0.4, 0.5) is 5.82 Å². The van der Waals surface area contributed by atoms with E-state index in [0.717, 1.165) is 31.8 Å². The number of nitrogens with zero attached hydrogens (tertiary/aromatic N) is 2. The van der Waals surface area contributed by atoms with Gasteiger partial charge in [0.05, 0.1) is 5.56 Å². The van der Waals surface area contributed by atoms with Crippen molar-refractivity contribution in [2.75, 3.05) is 18.8 Å². The topological polar surface area (TPSA) is 59.2 Å². The minimum Gasteiger partial charge on any atom is -0.384 e. The summed E-state index contributed by atoms with van der Waals surface area (Å²) in [6, 6.07) is 3.42. The molecule has 1 saturated heterocycles. The van der Waals surface area contributed by atoms with Gasteiger partial charge in [-0.05, 0) is 36.8 Å². The molecule has 0 unspecified atom stereocenters. The Morgan fingerprint density at radius 1 is 1.39 bits per heavy atom. The molecule has 0 saturated carbocycles. The van der Waals surface area contributed by atoms with Crippen molar-refractivity contribution in [3.05, 3.63) is 23.9 Å². The van der Waals surface area contributed by atoms with E-state index < -0.39 is 0 Å². The molecule has 0 atom stereocenters. The van der Waals surface area contributed by atoms with Gasteiger partial charge in [0.15, 0.2) is 0 Å².